The molecule has 0 radical (unpaired) electrons. The summed E-state index contributed by atoms with van der Waals surface area (Å²) in [5, 5.41) is -0.586. The Morgan fingerprint density at radius 1 is 1.06 bits per heavy atom. The van der Waals surface area contributed by atoms with Gasteiger partial charge >= 0.3 is 6.18 Å². The SMILES string of the molecule is O=S(=O)(c1cccc(C(F)(F)F)n1)N1CCN2C[C@H](Oc3cnc(C4CC4)cn3)C[C@H]2C1. The lowest BCUT2D eigenvalue weighted by atomic mass is 10.2. The molecule has 0 N–H and O–H groups in total. The van der Waals surface area contributed by atoms with Crippen LogP contribution in [0.4, 0.5) is 13.2 Å². The third-order valence-corrected chi connectivity index (χ3v) is 7.86. The third kappa shape index (κ3) is 4.30. The molecule has 0 aromatic carbocycles. The zero-order valence-corrected chi connectivity index (χ0v) is 17.9. The molecule has 3 fully saturated rings. The first-order valence-electron chi connectivity index (χ1n) is 10.5. The van der Waals surface area contributed by atoms with Gasteiger partial charge in [-0.05, 0) is 25.0 Å². The average Bonchev–Trinajstić information content (AvgIpc) is 3.53. The van der Waals surface area contributed by atoms with Gasteiger partial charge in [-0.25, -0.2) is 18.4 Å². The monoisotopic (exact) mass is 469 g/mol. The lowest BCUT2D eigenvalue weighted by Gasteiger charge is -2.36. The molecule has 0 unspecified atom stereocenters. The van der Waals surface area contributed by atoms with Crippen molar-refractivity contribution in [2.45, 2.75) is 48.5 Å². The minimum atomic E-state index is -4.71. The van der Waals surface area contributed by atoms with Crippen LogP contribution < -0.4 is 4.74 Å². The van der Waals surface area contributed by atoms with Gasteiger partial charge in [0.2, 0.25) is 5.88 Å². The fraction of sp³-hybridized carbons (Fsp3) is 0.550. The number of sulfonamides is 1. The van der Waals surface area contributed by atoms with Gasteiger partial charge in [-0.15, -0.1) is 0 Å². The van der Waals surface area contributed by atoms with Crippen LogP contribution >= 0.6 is 0 Å². The molecular formula is C20H22F3N5O3S. The quantitative estimate of drug-likeness (QED) is 0.664. The van der Waals surface area contributed by atoms with E-state index in [4.69, 9.17) is 4.74 Å². The van der Waals surface area contributed by atoms with Gasteiger partial charge in [-0.2, -0.15) is 17.5 Å². The van der Waals surface area contributed by atoms with E-state index in [1.165, 1.54) is 4.31 Å². The summed E-state index contributed by atoms with van der Waals surface area (Å²) < 4.78 is 71.9. The van der Waals surface area contributed by atoms with Crippen molar-refractivity contribution in [2.24, 2.45) is 0 Å². The number of nitrogens with zero attached hydrogens (tertiary/aromatic N) is 5. The van der Waals surface area contributed by atoms with Crippen molar-refractivity contribution >= 4 is 10.0 Å². The Bertz CT molecular complexity index is 1090. The number of alkyl halides is 3. The number of hydrogen-bond donors (Lipinski definition) is 0. The minimum absolute atomic E-state index is 0.0898. The van der Waals surface area contributed by atoms with E-state index in [9.17, 15) is 21.6 Å². The zero-order valence-electron chi connectivity index (χ0n) is 17.1. The molecule has 2 aromatic rings. The van der Waals surface area contributed by atoms with Gasteiger partial charge < -0.3 is 4.74 Å². The summed E-state index contributed by atoms with van der Waals surface area (Å²) in [6.45, 7) is 1.45. The number of halogens is 3. The highest BCUT2D eigenvalue weighted by molar-refractivity contribution is 7.89. The maximum Gasteiger partial charge on any atom is 0.433 e. The molecule has 2 aliphatic heterocycles. The van der Waals surface area contributed by atoms with E-state index in [2.05, 4.69) is 19.9 Å². The third-order valence-electron chi connectivity index (χ3n) is 6.09. The number of rotatable bonds is 5. The van der Waals surface area contributed by atoms with E-state index >= 15 is 0 Å². The summed E-state index contributed by atoms with van der Waals surface area (Å²) in [7, 11) is -4.13. The first kappa shape index (κ1) is 21.5. The van der Waals surface area contributed by atoms with Gasteiger partial charge in [-0.3, -0.25) is 9.88 Å². The van der Waals surface area contributed by atoms with Crippen LogP contribution in [0.5, 0.6) is 5.88 Å². The normalized spacial score (nSPS) is 25.0. The Kier molecular flexibility index (Phi) is 5.33. The van der Waals surface area contributed by atoms with E-state index in [0.717, 1.165) is 36.7 Å². The highest BCUT2D eigenvalue weighted by Gasteiger charge is 2.42. The maximum absolute atomic E-state index is 13.0. The Balaban J connectivity index is 1.24. The van der Waals surface area contributed by atoms with Gasteiger partial charge in [0, 0.05) is 44.6 Å². The first-order chi connectivity index (χ1) is 15.2. The Hall–Kier alpha value is -2.31. The van der Waals surface area contributed by atoms with Crippen LogP contribution in [0.3, 0.4) is 0 Å². The van der Waals surface area contributed by atoms with Crippen molar-refractivity contribution < 1.29 is 26.3 Å². The number of fused-ring (bicyclic) bond motifs is 1. The smallest absolute Gasteiger partial charge is 0.433 e. The Labute approximate surface area is 183 Å². The molecule has 1 aliphatic carbocycles. The summed E-state index contributed by atoms with van der Waals surface area (Å²) in [6, 6.07) is 2.83. The van der Waals surface area contributed by atoms with E-state index in [1.54, 1.807) is 12.4 Å². The fourth-order valence-corrected chi connectivity index (χ4v) is 5.69. The minimum Gasteiger partial charge on any atom is -0.472 e. The molecule has 32 heavy (non-hydrogen) atoms. The van der Waals surface area contributed by atoms with Crippen molar-refractivity contribution in [3.05, 3.63) is 42.0 Å². The van der Waals surface area contributed by atoms with E-state index in [1.807, 2.05) is 0 Å². The van der Waals surface area contributed by atoms with Crippen LogP contribution in [0.25, 0.3) is 0 Å². The van der Waals surface area contributed by atoms with Crippen molar-refractivity contribution in [3.8, 4) is 5.88 Å². The Morgan fingerprint density at radius 2 is 1.88 bits per heavy atom. The average molecular weight is 469 g/mol. The molecule has 1 saturated carbocycles. The number of pyridine rings is 1. The predicted molar refractivity (Wildman–Crippen MR) is 106 cm³/mol. The predicted octanol–water partition coefficient (Wildman–Crippen LogP) is 2.29. The van der Waals surface area contributed by atoms with Crippen molar-refractivity contribution in [1.29, 1.82) is 0 Å². The van der Waals surface area contributed by atoms with Gasteiger partial charge in [0.05, 0.1) is 18.1 Å². The molecule has 0 amide bonds. The molecule has 172 valence electrons. The molecule has 8 nitrogen and oxygen atoms in total. The first-order valence-corrected chi connectivity index (χ1v) is 11.9. The Morgan fingerprint density at radius 3 is 2.56 bits per heavy atom. The molecule has 0 bridgehead atoms. The standard InChI is InChI=1S/C20H22F3N5O3S/c21-20(22,23)17-2-1-3-19(26-17)32(29,30)28-7-6-27-12-15(8-14(27)11-28)31-18-10-24-16(9-25-18)13-4-5-13/h1-3,9-10,13-15H,4-8,11-12H2/t14-,15+/m0/s1. The lowest BCUT2D eigenvalue weighted by molar-refractivity contribution is -0.141. The topological polar surface area (TPSA) is 88.5 Å². The van der Waals surface area contributed by atoms with Crippen LogP contribution in [0.15, 0.2) is 35.6 Å². The fourth-order valence-electron chi connectivity index (χ4n) is 4.27. The van der Waals surface area contributed by atoms with Crippen LogP contribution in [0.2, 0.25) is 0 Å². The van der Waals surface area contributed by atoms with E-state index in [-0.39, 0.29) is 25.2 Å². The lowest BCUT2D eigenvalue weighted by Crippen LogP contribution is -2.52. The van der Waals surface area contributed by atoms with E-state index < -0.39 is 26.9 Å². The maximum atomic E-state index is 13.0. The van der Waals surface area contributed by atoms with Crippen LogP contribution in [-0.2, 0) is 16.2 Å². The van der Waals surface area contributed by atoms with Crippen molar-refractivity contribution in [1.82, 2.24) is 24.2 Å². The molecular weight excluding hydrogens is 447 g/mol. The van der Waals surface area contributed by atoms with Gasteiger partial charge in [0.25, 0.3) is 10.0 Å². The summed E-state index contributed by atoms with van der Waals surface area (Å²) in [5.41, 5.74) is -0.245. The highest BCUT2D eigenvalue weighted by Crippen LogP contribution is 2.38. The number of aromatic nitrogens is 3. The van der Waals surface area contributed by atoms with Gasteiger partial charge in [-0.1, -0.05) is 6.07 Å². The summed E-state index contributed by atoms with van der Waals surface area (Å²) in [4.78, 5) is 14.2. The van der Waals surface area contributed by atoms with Gasteiger partial charge in [0.15, 0.2) is 5.03 Å². The number of piperazine rings is 1. The summed E-state index contributed by atoms with van der Waals surface area (Å²) >= 11 is 0. The largest absolute Gasteiger partial charge is 0.472 e. The molecule has 5 rings (SSSR count). The second-order valence-corrected chi connectivity index (χ2v) is 10.3. The molecule has 12 heteroatoms. The second-order valence-electron chi connectivity index (χ2n) is 8.40. The zero-order chi connectivity index (χ0) is 22.5. The molecule has 2 atom stereocenters. The van der Waals surface area contributed by atoms with Crippen molar-refractivity contribution in [2.75, 3.05) is 26.2 Å². The molecule has 0 spiro atoms. The molecule has 2 aromatic heterocycles. The molecule has 3 aliphatic rings. The van der Waals surface area contributed by atoms with Crippen LogP contribution in [0.1, 0.15) is 36.6 Å². The highest BCUT2D eigenvalue weighted by atomic mass is 32.2. The number of hydrogen-bond acceptors (Lipinski definition) is 7. The van der Waals surface area contributed by atoms with Crippen LogP contribution in [0, 0.1) is 0 Å². The van der Waals surface area contributed by atoms with Gasteiger partial charge in [0.1, 0.15) is 11.8 Å². The van der Waals surface area contributed by atoms with Crippen molar-refractivity contribution in [3.63, 3.8) is 0 Å². The molecule has 4 heterocycles. The van der Waals surface area contributed by atoms with E-state index in [0.29, 0.717) is 31.3 Å². The second kappa shape index (κ2) is 7.92. The van der Waals surface area contributed by atoms with Crippen LogP contribution in [-0.4, -0.2) is 70.9 Å². The molecule has 2 saturated heterocycles. The summed E-state index contributed by atoms with van der Waals surface area (Å²) in [5.74, 6) is 0.952. The summed E-state index contributed by atoms with van der Waals surface area (Å²) in [6.07, 6.45) is 1.38. The number of ether oxygens (including phenoxy) is 1.